The molecule has 0 spiro atoms. The lowest BCUT2D eigenvalue weighted by Gasteiger charge is -2.29. The maximum Gasteiger partial charge on any atom is 0.329 e. The Morgan fingerprint density at radius 1 is 1.24 bits per heavy atom. The van der Waals surface area contributed by atoms with E-state index in [4.69, 9.17) is 0 Å². The highest BCUT2D eigenvalue weighted by Crippen LogP contribution is 2.27. The van der Waals surface area contributed by atoms with Crippen LogP contribution in [-0.2, 0) is 4.79 Å². The van der Waals surface area contributed by atoms with E-state index in [2.05, 4.69) is 15.6 Å². The summed E-state index contributed by atoms with van der Waals surface area (Å²) in [5, 5.41) is 14.9. The number of rotatable bonds is 3. The van der Waals surface area contributed by atoms with Crippen LogP contribution >= 0.6 is 0 Å². The Morgan fingerprint density at radius 2 is 1.90 bits per heavy atom. The summed E-state index contributed by atoms with van der Waals surface area (Å²) >= 11 is 0. The van der Waals surface area contributed by atoms with Gasteiger partial charge >= 0.3 is 12.0 Å². The topological polar surface area (TPSA) is 91.3 Å². The van der Waals surface area contributed by atoms with Crippen LogP contribution < -0.4 is 10.6 Å². The number of anilines is 1. The van der Waals surface area contributed by atoms with Crippen LogP contribution in [0.15, 0.2) is 18.5 Å². The molecule has 0 radical (unpaired) electrons. The highest BCUT2D eigenvalue weighted by Gasteiger charge is 2.40. The van der Waals surface area contributed by atoms with Gasteiger partial charge in [0.25, 0.3) is 0 Å². The summed E-state index contributed by atoms with van der Waals surface area (Å²) < 4.78 is 0. The summed E-state index contributed by atoms with van der Waals surface area (Å²) in [7, 11) is 0. The van der Waals surface area contributed by atoms with Gasteiger partial charge in [0.1, 0.15) is 5.54 Å². The van der Waals surface area contributed by atoms with Crippen LogP contribution in [0, 0.1) is 6.92 Å². The molecule has 0 aromatic carbocycles. The molecule has 1 aliphatic carbocycles. The lowest BCUT2D eigenvalue weighted by molar-refractivity contribution is -0.145. The lowest BCUT2D eigenvalue weighted by Crippen LogP contribution is -2.55. The molecule has 1 aromatic heterocycles. The molecule has 1 heterocycles. The van der Waals surface area contributed by atoms with Crippen LogP contribution in [0.1, 0.15) is 44.1 Å². The average molecular weight is 291 g/mol. The van der Waals surface area contributed by atoms with Crippen molar-refractivity contribution in [1.82, 2.24) is 10.3 Å². The molecule has 6 heteroatoms. The van der Waals surface area contributed by atoms with Crippen LogP contribution in [-0.4, -0.2) is 27.6 Å². The molecule has 1 saturated carbocycles. The number of nitrogens with zero attached hydrogens (tertiary/aromatic N) is 1. The summed E-state index contributed by atoms with van der Waals surface area (Å²) in [6, 6.07) is 1.30. The molecular weight excluding hydrogens is 270 g/mol. The first-order chi connectivity index (χ1) is 10.0. The number of hydrogen-bond donors (Lipinski definition) is 3. The smallest absolute Gasteiger partial charge is 0.329 e. The molecule has 0 aliphatic heterocycles. The molecule has 2 amide bonds. The number of carbonyl (C=O) groups is 2. The predicted molar refractivity (Wildman–Crippen MR) is 79.2 cm³/mol. The Balaban J connectivity index is 2.08. The minimum absolute atomic E-state index is 0.474. The molecule has 1 fully saturated rings. The third-order valence-electron chi connectivity index (χ3n) is 4.01. The minimum atomic E-state index is -1.16. The highest BCUT2D eigenvalue weighted by molar-refractivity contribution is 5.94. The van der Waals surface area contributed by atoms with Crippen LogP contribution in [0.3, 0.4) is 0 Å². The SMILES string of the molecule is Cc1ccncc1NC(=O)NC1(C(=O)O)CCCCCC1. The number of carboxylic acid groups (broad SMARTS) is 1. The predicted octanol–water partition coefficient (Wildman–Crippen LogP) is 2.69. The second-order valence-corrected chi connectivity index (χ2v) is 5.57. The summed E-state index contributed by atoms with van der Waals surface area (Å²) in [4.78, 5) is 27.7. The largest absolute Gasteiger partial charge is 0.480 e. The minimum Gasteiger partial charge on any atom is -0.480 e. The van der Waals surface area contributed by atoms with Gasteiger partial charge in [-0.05, 0) is 31.4 Å². The van der Waals surface area contributed by atoms with Gasteiger partial charge in [-0.25, -0.2) is 9.59 Å². The fourth-order valence-corrected chi connectivity index (χ4v) is 2.69. The Kier molecular flexibility index (Phi) is 4.77. The van der Waals surface area contributed by atoms with Crippen molar-refractivity contribution in [1.29, 1.82) is 0 Å². The van der Waals surface area contributed by atoms with Crippen LogP contribution in [0.25, 0.3) is 0 Å². The maximum absolute atomic E-state index is 12.1. The molecule has 2 rings (SSSR count). The van der Waals surface area contributed by atoms with E-state index in [9.17, 15) is 14.7 Å². The van der Waals surface area contributed by atoms with Crippen molar-refractivity contribution in [3.8, 4) is 0 Å². The number of aryl methyl sites for hydroxylation is 1. The third kappa shape index (κ3) is 3.71. The van der Waals surface area contributed by atoms with Crippen molar-refractivity contribution in [3.05, 3.63) is 24.0 Å². The van der Waals surface area contributed by atoms with Gasteiger partial charge < -0.3 is 15.7 Å². The molecule has 21 heavy (non-hydrogen) atoms. The molecule has 3 N–H and O–H groups in total. The maximum atomic E-state index is 12.1. The number of urea groups is 1. The lowest BCUT2D eigenvalue weighted by atomic mass is 9.90. The van der Waals surface area contributed by atoms with Crippen molar-refractivity contribution >= 4 is 17.7 Å². The second-order valence-electron chi connectivity index (χ2n) is 5.57. The average Bonchev–Trinajstić information content (AvgIpc) is 2.68. The number of amides is 2. The molecule has 1 aliphatic rings. The number of carboxylic acids is 1. The van der Waals surface area contributed by atoms with E-state index in [1.54, 1.807) is 18.5 Å². The molecule has 0 bridgehead atoms. The summed E-state index contributed by atoms with van der Waals surface area (Å²) in [5.41, 5.74) is 0.311. The van der Waals surface area contributed by atoms with Crippen LogP contribution in [0.2, 0.25) is 0 Å². The van der Waals surface area contributed by atoms with Crippen molar-refractivity contribution in [2.24, 2.45) is 0 Å². The zero-order valence-electron chi connectivity index (χ0n) is 12.2. The van der Waals surface area contributed by atoms with Gasteiger partial charge in [0.15, 0.2) is 0 Å². The van der Waals surface area contributed by atoms with Gasteiger partial charge in [0, 0.05) is 6.20 Å². The van der Waals surface area contributed by atoms with Crippen molar-refractivity contribution < 1.29 is 14.7 Å². The van der Waals surface area contributed by atoms with Gasteiger partial charge in [-0.15, -0.1) is 0 Å². The number of aromatic nitrogens is 1. The Labute approximate surface area is 124 Å². The van der Waals surface area contributed by atoms with E-state index in [-0.39, 0.29) is 0 Å². The summed E-state index contributed by atoms with van der Waals surface area (Å²) in [6.07, 6.45) is 7.80. The van der Waals surface area contributed by atoms with E-state index < -0.39 is 17.5 Å². The van der Waals surface area contributed by atoms with E-state index >= 15 is 0 Å². The third-order valence-corrected chi connectivity index (χ3v) is 4.01. The fraction of sp³-hybridized carbons (Fsp3) is 0.533. The van der Waals surface area contributed by atoms with Gasteiger partial charge in [-0.1, -0.05) is 25.7 Å². The quantitative estimate of drug-likeness (QED) is 0.747. The summed E-state index contributed by atoms with van der Waals surface area (Å²) in [6.45, 7) is 1.86. The Bertz CT molecular complexity index is 523. The number of hydrogen-bond acceptors (Lipinski definition) is 3. The Hall–Kier alpha value is -2.11. The van der Waals surface area contributed by atoms with Gasteiger partial charge in [0.2, 0.25) is 0 Å². The molecule has 6 nitrogen and oxygen atoms in total. The first-order valence-electron chi connectivity index (χ1n) is 7.27. The molecule has 0 saturated heterocycles. The molecule has 1 aromatic rings. The first-order valence-corrected chi connectivity index (χ1v) is 7.27. The number of aliphatic carboxylic acids is 1. The van der Waals surface area contributed by atoms with Crippen molar-refractivity contribution in [3.63, 3.8) is 0 Å². The van der Waals surface area contributed by atoms with Gasteiger partial charge in [-0.2, -0.15) is 0 Å². The van der Waals surface area contributed by atoms with E-state index in [0.29, 0.717) is 18.5 Å². The van der Waals surface area contributed by atoms with Gasteiger partial charge in [0.05, 0.1) is 11.9 Å². The van der Waals surface area contributed by atoms with Crippen molar-refractivity contribution in [2.75, 3.05) is 5.32 Å². The monoisotopic (exact) mass is 291 g/mol. The van der Waals surface area contributed by atoms with E-state index in [0.717, 1.165) is 31.2 Å². The standard InChI is InChI=1S/C15H21N3O3/c1-11-6-9-16-10-12(11)17-14(21)18-15(13(19)20)7-4-2-3-5-8-15/h6,9-10H,2-5,7-8H2,1H3,(H,19,20)(H2,17,18,21). The fourth-order valence-electron chi connectivity index (χ4n) is 2.69. The molecule has 0 atom stereocenters. The number of carbonyl (C=O) groups excluding carboxylic acids is 1. The molecular formula is C15H21N3O3. The van der Waals surface area contributed by atoms with Crippen LogP contribution in [0.4, 0.5) is 10.5 Å². The number of nitrogens with one attached hydrogen (secondary N) is 2. The van der Waals surface area contributed by atoms with E-state index in [1.165, 1.54) is 0 Å². The number of pyridine rings is 1. The van der Waals surface area contributed by atoms with Crippen LogP contribution in [0.5, 0.6) is 0 Å². The van der Waals surface area contributed by atoms with Crippen molar-refractivity contribution in [2.45, 2.75) is 51.0 Å². The second kappa shape index (κ2) is 6.56. The highest BCUT2D eigenvalue weighted by atomic mass is 16.4. The Morgan fingerprint density at radius 3 is 2.48 bits per heavy atom. The normalized spacial score (nSPS) is 17.6. The summed E-state index contributed by atoms with van der Waals surface area (Å²) in [5.74, 6) is -0.956. The van der Waals surface area contributed by atoms with E-state index in [1.807, 2.05) is 6.92 Å². The first kappa shape index (κ1) is 15.3. The molecule has 114 valence electrons. The zero-order chi connectivity index (χ0) is 15.3. The molecule has 0 unspecified atom stereocenters. The van der Waals surface area contributed by atoms with Gasteiger partial charge in [-0.3, -0.25) is 4.98 Å². The zero-order valence-corrected chi connectivity index (χ0v) is 12.2.